The summed E-state index contributed by atoms with van der Waals surface area (Å²) in [6, 6.07) is 9.73. The first kappa shape index (κ1) is 25.4. The quantitative estimate of drug-likeness (QED) is 0.349. The average molecular weight is 574 g/mol. The Balaban J connectivity index is 1.18. The number of nitrogens with one attached hydrogen (secondary N) is 1. The van der Waals surface area contributed by atoms with E-state index in [4.69, 9.17) is 27.9 Å². The Kier molecular flexibility index (Phi) is 6.26. The highest BCUT2D eigenvalue weighted by Crippen LogP contribution is 2.42. The van der Waals surface area contributed by atoms with Crippen molar-refractivity contribution < 1.29 is 13.2 Å². The van der Waals surface area contributed by atoms with E-state index < -0.39 is 10.0 Å². The molecule has 0 saturated carbocycles. The van der Waals surface area contributed by atoms with Crippen molar-refractivity contribution in [2.75, 3.05) is 37.3 Å². The van der Waals surface area contributed by atoms with E-state index in [0.29, 0.717) is 34.4 Å². The molecule has 12 heteroatoms. The van der Waals surface area contributed by atoms with Gasteiger partial charge < -0.3 is 9.64 Å². The Morgan fingerprint density at radius 2 is 1.84 bits per heavy atom. The lowest BCUT2D eigenvalue weighted by molar-refractivity contribution is 0.227. The maximum absolute atomic E-state index is 11.9. The fourth-order valence-corrected chi connectivity index (χ4v) is 7.04. The monoisotopic (exact) mass is 572 g/mol. The van der Waals surface area contributed by atoms with E-state index in [1.807, 2.05) is 43.5 Å². The summed E-state index contributed by atoms with van der Waals surface area (Å²) in [6.07, 6.45) is 6.71. The van der Waals surface area contributed by atoms with Crippen molar-refractivity contribution in [2.24, 2.45) is 5.41 Å². The summed E-state index contributed by atoms with van der Waals surface area (Å²) in [6.45, 7) is 4.68. The van der Waals surface area contributed by atoms with Gasteiger partial charge in [0.1, 0.15) is 23.4 Å². The van der Waals surface area contributed by atoms with Crippen LogP contribution in [0.25, 0.3) is 22.2 Å². The van der Waals surface area contributed by atoms with E-state index in [-0.39, 0.29) is 11.5 Å². The van der Waals surface area contributed by atoms with Gasteiger partial charge in [-0.15, -0.1) is 0 Å². The summed E-state index contributed by atoms with van der Waals surface area (Å²) in [7, 11) is -3.14. The van der Waals surface area contributed by atoms with Crippen molar-refractivity contribution in [3.05, 3.63) is 64.5 Å². The number of pyridine rings is 2. The second-order valence-corrected chi connectivity index (χ2v) is 13.0. The van der Waals surface area contributed by atoms with E-state index in [2.05, 4.69) is 25.1 Å². The van der Waals surface area contributed by atoms with Gasteiger partial charge in [-0.05, 0) is 43.7 Å². The van der Waals surface area contributed by atoms with Crippen LogP contribution in [0.4, 0.5) is 5.82 Å². The molecule has 2 saturated heterocycles. The van der Waals surface area contributed by atoms with Crippen molar-refractivity contribution in [1.29, 1.82) is 0 Å². The van der Waals surface area contributed by atoms with Gasteiger partial charge in [0.2, 0.25) is 10.0 Å². The fourth-order valence-electron chi connectivity index (χ4n) is 5.43. The summed E-state index contributed by atoms with van der Waals surface area (Å²) in [5.74, 6) is 1.53. The lowest BCUT2D eigenvalue weighted by Crippen LogP contribution is -2.58. The van der Waals surface area contributed by atoms with Gasteiger partial charge in [-0.2, -0.15) is 5.10 Å². The SMILES string of the molecule is C[C@@H](Oc1ccc2[nH]nc(-c3ccc(N4CC5(CCN(S(C)(=O)=O)C5)C4)nc3)c2c1)c1c(Cl)cncc1Cl. The highest BCUT2D eigenvalue weighted by atomic mass is 35.5. The lowest BCUT2D eigenvalue weighted by Gasteiger charge is -2.48. The summed E-state index contributed by atoms with van der Waals surface area (Å²) in [5.41, 5.74) is 3.25. The van der Waals surface area contributed by atoms with Crippen molar-refractivity contribution in [2.45, 2.75) is 19.4 Å². The smallest absolute Gasteiger partial charge is 0.211 e. The predicted molar refractivity (Wildman–Crippen MR) is 148 cm³/mol. The molecule has 0 unspecified atom stereocenters. The van der Waals surface area contributed by atoms with Crippen LogP contribution in [0.5, 0.6) is 5.75 Å². The van der Waals surface area contributed by atoms with E-state index in [1.54, 1.807) is 16.7 Å². The van der Waals surface area contributed by atoms with E-state index >= 15 is 0 Å². The van der Waals surface area contributed by atoms with Gasteiger partial charge in [0.15, 0.2) is 0 Å². The standard InChI is InChI=1S/C26H26Cl2N6O3S/c1-16(24-20(27)11-29-12-21(24)28)37-18-4-5-22-19(9-18)25(32-31-22)17-3-6-23(30-10-17)33-13-26(14-33)7-8-34(15-26)38(2,35)36/h3-6,9-12,16H,7-8,13-15H2,1-2H3,(H,31,32)/t16-/m1/s1. The van der Waals surface area contributed by atoms with E-state index in [9.17, 15) is 8.42 Å². The Hall–Kier alpha value is -2.92. The number of hydrogen-bond donors (Lipinski definition) is 1. The number of hydrogen-bond acceptors (Lipinski definition) is 7. The summed E-state index contributed by atoms with van der Waals surface area (Å²) >= 11 is 12.6. The van der Waals surface area contributed by atoms with Gasteiger partial charge in [-0.1, -0.05) is 23.2 Å². The predicted octanol–water partition coefficient (Wildman–Crippen LogP) is 4.94. The van der Waals surface area contributed by atoms with Crippen LogP contribution < -0.4 is 9.64 Å². The van der Waals surface area contributed by atoms with Crippen LogP contribution in [-0.4, -0.2) is 65.3 Å². The second kappa shape index (κ2) is 9.37. The molecule has 1 aromatic carbocycles. The first-order valence-electron chi connectivity index (χ1n) is 12.2. The van der Waals surface area contributed by atoms with E-state index in [1.165, 1.54) is 6.26 Å². The molecule has 0 aliphatic carbocycles. The summed E-state index contributed by atoms with van der Waals surface area (Å²) in [5, 5.41) is 9.42. The summed E-state index contributed by atoms with van der Waals surface area (Å²) in [4.78, 5) is 10.9. The fraction of sp³-hybridized carbons (Fsp3) is 0.346. The van der Waals surface area contributed by atoms with Crippen LogP contribution in [0.2, 0.25) is 10.0 Å². The minimum absolute atomic E-state index is 0.0279. The molecule has 1 atom stereocenters. The average Bonchev–Trinajstić information content (AvgIpc) is 3.48. The largest absolute Gasteiger partial charge is 0.486 e. The minimum Gasteiger partial charge on any atom is -0.486 e. The van der Waals surface area contributed by atoms with Crippen molar-refractivity contribution in [3.63, 3.8) is 0 Å². The van der Waals surface area contributed by atoms with Gasteiger partial charge >= 0.3 is 0 Å². The Morgan fingerprint density at radius 1 is 1.08 bits per heavy atom. The highest BCUT2D eigenvalue weighted by molar-refractivity contribution is 7.88. The lowest BCUT2D eigenvalue weighted by atomic mass is 9.79. The number of H-pyrrole nitrogens is 1. The Bertz CT molecular complexity index is 1600. The molecule has 5 heterocycles. The molecule has 2 aliphatic rings. The third-order valence-corrected chi connectivity index (χ3v) is 9.27. The van der Waals surface area contributed by atoms with E-state index in [0.717, 1.165) is 47.5 Å². The van der Waals surface area contributed by atoms with Crippen molar-refractivity contribution in [3.8, 4) is 17.0 Å². The number of aromatic nitrogens is 4. The van der Waals surface area contributed by atoms with Crippen molar-refractivity contribution >= 4 is 49.9 Å². The third kappa shape index (κ3) is 4.59. The number of nitrogens with zero attached hydrogens (tertiary/aromatic N) is 5. The Morgan fingerprint density at radius 3 is 2.50 bits per heavy atom. The third-order valence-electron chi connectivity index (χ3n) is 7.41. The Labute approximate surface area is 230 Å². The summed E-state index contributed by atoms with van der Waals surface area (Å²) < 4.78 is 31.5. The second-order valence-electron chi connectivity index (χ2n) is 10.2. The molecule has 0 bridgehead atoms. The van der Waals surface area contributed by atoms with Gasteiger partial charge in [-0.25, -0.2) is 17.7 Å². The number of anilines is 1. The minimum atomic E-state index is -3.14. The van der Waals surface area contributed by atoms with Gasteiger partial charge in [0.05, 0.1) is 21.8 Å². The van der Waals surface area contributed by atoms with Crippen LogP contribution >= 0.6 is 23.2 Å². The number of benzene rings is 1. The molecule has 3 aromatic heterocycles. The zero-order valence-electron chi connectivity index (χ0n) is 20.9. The van der Waals surface area contributed by atoms with Gasteiger partial charge in [0, 0.05) is 66.7 Å². The molecule has 4 aromatic rings. The molecule has 2 fully saturated rings. The topological polar surface area (TPSA) is 104 Å². The normalized spacial score (nSPS) is 18.2. The number of rotatable bonds is 6. The molecular formula is C26H26Cl2N6O3S. The maximum atomic E-state index is 11.9. The van der Waals surface area contributed by atoms with Crippen LogP contribution in [-0.2, 0) is 10.0 Å². The van der Waals surface area contributed by atoms with Gasteiger partial charge in [-0.3, -0.25) is 10.1 Å². The number of halogens is 2. The number of fused-ring (bicyclic) bond motifs is 1. The first-order valence-corrected chi connectivity index (χ1v) is 14.8. The van der Waals surface area contributed by atoms with Crippen LogP contribution in [0.1, 0.15) is 25.0 Å². The molecule has 38 heavy (non-hydrogen) atoms. The number of aromatic amines is 1. The molecule has 1 spiro atoms. The highest BCUT2D eigenvalue weighted by Gasteiger charge is 2.49. The van der Waals surface area contributed by atoms with Crippen LogP contribution in [0, 0.1) is 5.41 Å². The molecule has 0 amide bonds. The molecule has 2 aliphatic heterocycles. The van der Waals surface area contributed by atoms with Crippen LogP contribution in [0.3, 0.4) is 0 Å². The maximum Gasteiger partial charge on any atom is 0.211 e. The molecule has 198 valence electrons. The zero-order valence-corrected chi connectivity index (χ0v) is 23.2. The zero-order chi connectivity index (χ0) is 26.7. The number of ether oxygens (including phenoxy) is 1. The molecule has 0 radical (unpaired) electrons. The first-order chi connectivity index (χ1) is 18.1. The van der Waals surface area contributed by atoms with Crippen LogP contribution in [0.15, 0.2) is 48.9 Å². The molecular weight excluding hydrogens is 547 g/mol. The number of sulfonamides is 1. The molecule has 6 rings (SSSR count). The molecule has 1 N–H and O–H groups in total. The molecule has 9 nitrogen and oxygen atoms in total. The van der Waals surface area contributed by atoms with Gasteiger partial charge in [0.25, 0.3) is 0 Å². The van der Waals surface area contributed by atoms with Crippen molar-refractivity contribution in [1.82, 2.24) is 24.5 Å².